The molecule has 3 rings (SSSR count). The van der Waals surface area contributed by atoms with Crippen LogP contribution < -0.4 is 10.1 Å². The number of aromatic nitrogens is 1. The number of amides is 1. The van der Waals surface area contributed by atoms with Crippen molar-refractivity contribution in [3.05, 3.63) is 65.7 Å². The van der Waals surface area contributed by atoms with Gasteiger partial charge in [0.1, 0.15) is 10.8 Å². The van der Waals surface area contributed by atoms with E-state index in [1.165, 1.54) is 0 Å². The fourth-order valence-electron chi connectivity index (χ4n) is 2.44. The summed E-state index contributed by atoms with van der Waals surface area (Å²) in [6, 6.07) is 17.5. The number of anilines is 1. The molecule has 3 aromatic rings. The lowest BCUT2D eigenvalue weighted by atomic mass is 10.2. The lowest BCUT2D eigenvalue weighted by Gasteiger charge is -2.10. The van der Waals surface area contributed by atoms with Crippen molar-refractivity contribution in [3.8, 4) is 16.3 Å². The van der Waals surface area contributed by atoms with E-state index in [0.29, 0.717) is 30.9 Å². The van der Waals surface area contributed by atoms with E-state index in [0.717, 1.165) is 16.3 Å². The number of para-hydroxylation sites is 2. The van der Waals surface area contributed by atoms with Crippen molar-refractivity contribution < 1.29 is 9.53 Å². The molecule has 25 heavy (non-hydrogen) atoms. The molecule has 0 bridgehead atoms. The summed E-state index contributed by atoms with van der Waals surface area (Å²) in [5.74, 6) is 0.653. The van der Waals surface area contributed by atoms with E-state index >= 15 is 0 Å². The first kappa shape index (κ1) is 17.2. The summed E-state index contributed by atoms with van der Waals surface area (Å²) in [7, 11) is 0. The molecule has 5 heteroatoms. The van der Waals surface area contributed by atoms with Gasteiger partial charge in [0.25, 0.3) is 0 Å². The predicted molar refractivity (Wildman–Crippen MR) is 102 cm³/mol. The van der Waals surface area contributed by atoms with E-state index in [4.69, 9.17) is 4.74 Å². The number of nitrogens with zero attached hydrogens (tertiary/aromatic N) is 1. The zero-order valence-electron chi connectivity index (χ0n) is 14.1. The van der Waals surface area contributed by atoms with Crippen molar-refractivity contribution in [2.75, 3.05) is 11.9 Å². The van der Waals surface area contributed by atoms with Crippen LogP contribution in [0.5, 0.6) is 5.75 Å². The maximum atomic E-state index is 12.2. The Balaban J connectivity index is 1.57. The third kappa shape index (κ3) is 4.67. The number of rotatable bonds is 7. The van der Waals surface area contributed by atoms with Crippen LogP contribution in [0.2, 0.25) is 0 Å². The number of thiazole rings is 1. The third-order valence-corrected chi connectivity index (χ3v) is 4.58. The zero-order chi connectivity index (χ0) is 17.5. The maximum absolute atomic E-state index is 12.2. The monoisotopic (exact) mass is 352 g/mol. The van der Waals surface area contributed by atoms with Gasteiger partial charge in [-0.3, -0.25) is 4.79 Å². The second kappa shape index (κ2) is 8.44. The van der Waals surface area contributed by atoms with E-state index in [2.05, 4.69) is 10.3 Å². The topological polar surface area (TPSA) is 51.2 Å². The molecule has 0 aliphatic heterocycles. The summed E-state index contributed by atoms with van der Waals surface area (Å²) in [6.45, 7) is 2.49. The minimum absolute atomic E-state index is 0.0404. The summed E-state index contributed by atoms with van der Waals surface area (Å²) in [6.07, 6.45) is 1.00. The fraction of sp³-hybridized carbons (Fsp3) is 0.200. The Bertz CT molecular complexity index is 830. The molecule has 1 amide bonds. The number of hydrogen-bond donors (Lipinski definition) is 1. The zero-order valence-corrected chi connectivity index (χ0v) is 14.9. The van der Waals surface area contributed by atoms with Gasteiger partial charge < -0.3 is 10.1 Å². The van der Waals surface area contributed by atoms with Gasteiger partial charge in [0, 0.05) is 17.4 Å². The van der Waals surface area contributed by atoms with Gasteiger partial charge in [0.2, 0.25) is 5.91 Å². The molecule has 1 heterocycles. The van der Waals surface area contributed by atoms with Crippen LogP contribution >= 0.6 is 11.3 Å². The predicted octanol–water partition coefficient (Wildman–Crippen LogP) is 4.78. The van der Waals surface area contributed by atoms with Crippen LogP contribution in [-0.2, 0) is 11.2 Å². The van der Waals surface area contributed by atoms with E-state index in [1.54, 1.807) is 11.3 Å². The SMILES string of the molecule is CCOc1ccccc1NC(=O)CCc1csc(-c2ccccc2)n1. The fourth-order valence-corrected chi connectivity index (χ4v) is 3.30. The number of benzene rings is 2. The quantitative estimate of drug-likeness (QED) is 0.666. The van der Waals surface area contributed by atoms with Gasteiger partial charge in [-0.25, -0.2) is 4.98 Å². The molecule has 128 valence electrons. The Morgan fingerprint density at radius 2 is 1.88 bits per heavy atom. The van der Waals surface area contributed by atoms with Crippen LogP contribution in [-0.4, -0.2) is 17.5 Å². The Morgan fingerprint density at radius 3 is 2.68 bits per heavy atom. The molecule has 1 aromatic heterocycles. The average Bonchev–Trinajstić information content (AvgIpc) is 3.12. The standard InChI is InChI=1S/C20H20N2O2S/c1-2-24-18-11-7-6-10-17(18)22-19(23)13-12-16-14-25-20(21-16)15-8-4-3-5-9-15/h3-11,14H,2,12-13H2,1H3,(H,22,23). The van der Waals surface area contributed by atoms with Crippen LogP contribution in [0.4, 0.5) is 5.69 Å². The largest absolute Gasteiger partial charge is 0.492 e. The summed E-state index contributed by atoms with van der Waals surface area (Å²) in [4.78, 5) is 16.8. The molecule has 0 aliphatic carbocycles. The van der Waals surface area contributed by atoms with Crippen LogP contribution in [0.3, 0.4) is 0 Å². The summed E-state index contributed by atoms with van der Waals surface area (Å²) in [5.41, 5.74) is 2.75. The van der Waals surface area contributed by atoms with Crippen molar-refractivity contribution in [1.82, 2.24) is 4.98 Å². The number of carbonyl (C=O) groups excluding carboxylic acids is 1. The molecule has 1 N–H and O–H groups in total. The molecular formula is C20H20N2O2S. The van der Waals surface area contributed by atoms with Gasteiger partial charge in [0.15, 0.2) is 0 Å². The minimum atomic E-state index is -0.0404. The van der Waals surface area contributed by atoms with Gasteiger partial charge >= 0.3 is 0 Å². The van der Waals surface area contributed by atoms with Crippen LogP contribution in [0, 0.1) is 0 Å². The smallest absolute Gasteiger partial charge is 0.224 e. The van der Waals surface area contributed by atoms with Gasteiger partial charge in [-0.1, -0.05) is 42.5 Å². The number of nitrogens with one attached hydrogen (secondary N) is 1. The van der Waals surface area contributed by atoms with E-state index in [1.807, 2.05) is 66.9 Å². The first-order valence-electron chi connectivity index (χ1n) is 8.27. The van der Waals surface area contributed by atoms with Gasteiger partial charge in [-0.2, -0.15) is 0 Å². The lowest BCUT2D eigenvalue weighted by Crippen LogP contribution is -2.13. The van der Waals surface area contributed by atoms with Gasteiger partial charge in [-0.05, 0) is 25.5 Å². The van der Waals surface area contributed by atoms with Crippen molar-refractivity contribution >= 4 is 22.9 Å². The maximum Gasteiger partial charge on any atom is 0.224 e. The Morgan fingerprint density at radius 1 is 1.12 bits per heavy atom. The molecule has 0 unspecified atom stereocenters. The van der Waals surface area contributed by atoms with E-state index in [9.17, 15) is 4.79 Å². The molecule has 0 radical (unpaired) electrons. The molecule has 4 nitrogen and oxygen atoms in total. The number of carbonyl (C=O) groups is 1. The molecule has 0 spiro atoms. The summed E-state index contributed by atoms with van der Waals surface area (Å²) >= 11 is 1.60. The van der Waals surface area contributed by atoms with Crippen molar-refractivity contribution in [2.24, 2.45) is 0 Å². The summed E-state index contributed by atoms with van der Waals surface area (Å²) in [5, 5.41) is 5.92. The molecule has 0 fully saturated rings. The highest BCUT2D eigenvalue weighted by Gasteiger charge is 2.10. The molecule has 2 aromatic carbocycles. The lowest BCUT2D eigenvalue weighted by molar-refractivity contribution is -0.116. The van der Waals surface area contributed by atoms with Crippen molar-refractivity contribution in [1.29, 1.82) is 0 Å². The van der Waals surface area contributed by atoms with Crippen molar-refractivity contribution in [2.45, 2.75) is 19.8 Å². The number of hydrogen-bond acceptors (Lipinski definition) is 4. The Labute approximate surface area is 151 Å². The van der Waals surface area contributed by atoms with Gasteiger partial charge in [0.05, 0.1) is 18.0 Å². The van der Waals surface area contributed by atoms with Gasteiger partial charge in [-0.15, -0.1) is 11.3 Å². The molecular weight excluding hydrogens is 332 g/mol. The number of ether oxygens (including phenoxy) is 1. The Hall–Kier alpha value is -2.66. The molecule has 0 saturated carbocycles. The average molecular weight is 352 g/mol. The molecule has 0 aliphatic rings. The first-order chi connectivity index (χ1) is 12.3. The van der Waals surface area contributed by atoms with Crippen LogP contribution in [0.15, 0.2) is 60.0 Å². The highest BCUT2D eigenvalue weighted by atomic mass is 32.1. The second-order valence-electron chi connectivity index (χ2n) is 5.49. The normalized spacial score (nSPS) is 10.4. The number of aryl methyl sites for hydroxylation is 1. The molecule has 0 saturated heterocycles. The molecule has 0 atom stereocenters. The van der Waals surface area contributed by atoms with Crippen molar-refractivity contribution in [3.63, 3.8) is 0 Å². The van der Waals surface area contributed by atoms with Crippen LogP contribution in [0.1, 0.15) is 19.0 Å². The second-order valence-corrected chi connectivity index (χ2v) is 6.35. The third-order valence-electron chi connectivity index (χ3n) is 3.64. The minimum Gasteiger partial charge on any atom is -0.492 e. The highest BCUT2D eigenvalue weighted by Crippen LogP contribution is 2.25. The highest BCUT2D eigenvalue weighted by molar-refractivity contribution is 7.13. The van der Waals surface area contributed by atoms with Crippen LogP contribution in [0.25, 0.3) is 10.6 Å². The summed E-state index contributed by atoms with van der Waals surface area (Å²) < 4.78 is 5.53. The van der Waals surface area contributed by atoms with E-state index < -0.39 is 0 Å². The van der Waals surface area contributed by atoms with E-state index in [-0.39, 0.29) is 5.91 Å². The first-order valence-corrected chi connectivity index (χ1v) is 9.15. The Kier molecular flexibility index (Phi) is 5.80.